The third-order valence-corrected chi connectivity index (χ3v) is 5.73. The van der Waals surface area contributed by atoms with E-state index in [9.17, 15) is 10.2 Å². The van der Waals surface area contributed by atoms with E-state index in [0.717, 1.165) is 36.8 Å². The van der Waals surface area contributed by atoms with Gasteiger partial charge in [-0.05, 0) is 62.6 Å². The smallest absolute Gasteiger partial charge is 0.123 e. The molecule has 1 aromatic rings. The van der Waals surface area contributed by atoms with Gasteiger partial charge in [0.1, 0.15) is 11.5 Å². The van der Waals surface area contributed by atoms with Crippen LogP contribution in [0.1, 0.15) is 76.8 Å². The molecule has 0 aliphatic heterocycles. The zero-order valence-electron chi connectivity index (χ0n) is 15.7. The molecule has 0 heterocycles. The van der Waals surface area contributed by atoms with Crippen LogP contribution in [0.5, 0.6) is 11.5 Å². The molecule has 132 valence electrons. The second kappa shape index (κ2) is 7.46. The predicted octanol–water partition coefficient (Wildman–Crippen LogP) is 6.24. The first-order valence-electron chi connectivity index (χ1n) is 9.17. The van der Waals surface area contributed by atoms with E-state index in [-0.39, 0.29) is 22.8 Å². The number of hydrogen-bond donors (Lipinski definition) is 2. The maximum atomic E-state index is 10.7. The molecule has 2 nitrogen and oxygen atoms in total. The van der Waals surface area contributed by atoms with Gasteiger partial charge in [-0.25, -0.2) is 0 Å². The Morgan fingerprint density at radius 3 is 2.42 bits per heavy atom. The Balaban J connectivity index is 2.42. The van der Waals surface area contributed by atoms with Gasteiger partial charge in [0.15, 0.2) is 0 Å². The maximum absolute atomic E-state index is 10.7. The summed E-state index contributed by atoms with van der Waals surface area (Å²) < 4.78 is 0. The van der Waals surface area contributed by atoms with E-state index >= 15 is 0 Å². The van der Waals surface area contributed by atoms with E-state index in [4.69, 9.17) is 0 Å². The van der Waals surface area contributed by atoms with Crippen molar-refractivity contribution in [1.82, 2.24) is 0 Å². The van der Waals surface area contributed by atoms with E-state index < -0.39 is 0 Å². The molecule has 0 bridgehead atoms. The zero-order chi connectivity index (χ0) is 17.9. The van der Waals surface area contributed by atoms with Gasteiger partial charge in [-0.3, -0.25) is 0 Å². The normalized spacial score (nSPS) is 23.8. The molecule has 2 N–H and O–H groups in total. The molecular formula is C22H32O2. The molecule has 2 rings (SSSR count). The first-order chi connectivity index (χ1) is 11.3. The van der Waals surface area contributed by atoms with Crippen LogP contribution in [0.2, 0.25) is 0 Å². The summed E-state index contributed by atoms with van der Waals surface area (Å²) in [5.41, 5.74) is 3.93. The molecule has 1 aromatic carbocycles. The van der Waals surface area contributed by atoms with E-state index in [1.165, 1.54) is 18.4 Å². The highest BCUT2D eigenvalue weighted by molar-refractivity contribution is 5.52. The Bertz CT molecular complexity index is 618. The fourth-order valence-electron chi connectivity index (χ4n) is 3.77. The van der Waals surface area contributed by atoms with Gasteiger partial charge in [-0.15, -0.1) is 0 Å². The van der Waals surface area contributed by atoms with Crippen LogP contribution in [0.15, 0.2) is 35.9 Å². The van der Waals surface area contributed by atoms with Crippen molar-refractivity contribution in [3.05, 3.63) is 47.1 Å². The minimum absolute atomic E-state index is 0.0339. The molecule has 1 aliphatic carbocycles. The van der Waals surface area contributed by atoms with Crippen LogP contribution in [0.25, 0.3) is 0 Å². The lowest BCUT2D eigenvalue weighted by atomic mass is 9.63. The SMILES string of the molecule is C=C(C)C1(C)CCC(C)=CC1c1c(O)cc(CCCCC)cc1O. The number of phenols is 2. The molecule has 0 amide bonds. The number of aryl methyl sites for hydroxylation is 1. The van der Waals surface area contributed by atoms with Crippen molar-refractivity contribution in [2.75, 3.05) is 0 Å². The second-order valence-electron chi connectivity index (χ2n) is 7.69. The number of phenolic OH excluding ortho intramolecular Hbond substituents is 2. The van der Waals surface area contributed by atoms with Crippen LogP contribution in [0.4, 0.5) is 0 Å². The van der Waals surface area contributed by atoms with Gasteiger partial charge < -0.3 is 10.2 Å². The lowest BCUT2D eigenvalue weighted by Crippen LogP contribution is -2.29. The fourth-order valence-corrected chi connectivity index (χ4v) is 3.77. The summed E-state index contributed by atoms with van der Waals surface area (Å²) in [7, 11) is 0. The van der Waals surface area contributed by atoms with Crippen LogP contribution >= 0.6 is 0 Å². The molecule has 0 aromatic heterocycles. The van der Waals surface area contributed by atoms with E-state index in [1.54, 1.807) is 0 Å². The topological polar surface area (TPSA) is 40.5 Å². The number of aromatic hydroxyl groups is 2. The molecular weight excluding hydrogens is 296 g/mol. The highest BCUT2D eigenvalue weighted by Gasteiger charge is 2.39. The molecule has 2 heteroatoms. The number of benzene rings is 1. The molecule has 1 aliphatic rings. The summed E-state index contributed by atoms with van der Waals surface area (Å²) in [5.74, 6) is 0.392. The Labute approximate surface area is 146 Å². The lowest BCUT2D eigenvalue weighted by Gasteiger charge is -2.41. The summed E-state index contributed by atoms with van der Waals surface area (Å²) in [6.45, 7) is 12.7. The molecule has 0 radical (unpaired) electrons. The van der Waals surface area contributed by atoms with Gasteiger partial charge in [0.05, 0.1) is 0 Å². The first-order valence-corrected chi connectivity index (χ1v) is 9.17. The molecule has 0 saturated heterocycles. The maximum Gasteiger partial charge on any atom is 0.123 e. The standard InChI is InChI=1S/C22H32O2/c1-6-7-8-9-17-13-19(23)21(20(24)14-17)18-12-16(4)10-11-22(18,5)15(2)3/h12-14,18,23-24H,2,6-11H2,1,3-5H3. The highest BCUT2D eigenvalue weighted by Crippen LogP contribution is 2.53. The van der Waals surface area contributed by atoms with E-state index in [2.05, 4.69) is 40.3 Å². The Morgan fingerprint density at radius 1 is 1.25 bits per heavy atom. The van der Waals surface area contributed by atoms with Crippen molar-refractivity contribution >= 4 is 0 Å². The van der Waals surface area contributed by atoms with Gasteiger partial charge in [-0.1, -0.05) is 50.5 Å². The van der Waals surface area contributed by atoms with Crippen molar-refractivity contribution in [1.29, 1.82) is 0 Å². The lowest BCUT2D eigenvalue weighted by molar-refractivity contribution is 0.296. The van der Waals surface area contributed by atoms with Gasteiger partial charge in [0.25, 0.3) is 0 Å². The van der Waals surface area contributed by atoms with Crippen molar-refractivity contribution in [3.8, 4) is 11.5 Å². The summed E-state index contributed by atoms with van der Waals surface area (Å²) in [5, 5.41) is 21.3. The van der Waals surface area contributed by atoms with Crippen molar-refractivity contribution < 1.29 is 10.2 Å². The molecule has 0 saturated carbocycles. The molecule has 24 heavy (non-hydrogen) atoms. The quantitative estimate of drug-likeness (QED) is 0.479. The van der Waals surface area contributed by atoms with E-state index in [0.29, 0.717) is 5.56 Å². The average Bonchev–Trinajstić information content (AvgIpc) is 2.50. The summed E-state index contributed by atoms with van der Waals surface area (Å²) in [6, 6.07) is 3.67. The summed E-state index contributed by atoms with van der Waals surface area (Å²) in [4.78, 5) is 0. The number of allylic oxidation sites excluding steroid dienone is 3. The third kappa shape index (κ3) is 3.68. The third-order valence-electron chi connectivity index (χ3n) is 5.73. The Kier molecular flexibility index (Phi) is 5.79. The minimum atomic E-state index is -0.141. The van der Waals surface area contributed by atoms with E-state index in [1.807, 2.05) is 12.1 Å². The highest BCUT2D eigenvalue weighted by atomic mass is 16.3. The van der Waals surface area contributed by atoms with Crippen molar-refractivity contribution in [2.24, 2.45) is 5.41 Å². The van der Waals surface area contributed by atoms with Gasteiger partial charge >= 0.3 is 0 Å². The number of unbranched alkanes of at least 4 members (excludes halogenated alkanes) is 2. The largest absolute Gasteiger partial charge is 0.507 e. The number of rotatable bonds is 6. The second-order valence-corrected chi connectivity index (χ2v) is 7.69. The Morgan fingerprint density at radius 2 is 1.88 bits per heavy atom. The monoisotopic (exact) mass is 328 g/mol. The van der Waals surface area contributed by atoms with Crippen LogP contribution in [0, 0.1) is 5.41 Å². The van der Waals surface area contributed by atoms with Crippen LogP contribution < -0.4 is 0 Å². The minimum Gasteiger partial charge on any atom is -0.507 e. The van der Waals surface area contributed by atoms with Crippen LogP contribution in [-0.2, 0) is 6.42 Å². The average molecular weight is 328 g/mol. The van der Waals surface area contributed by atoms with Gasteiger partial charge in [-0.2, -0.15) is 0 Å². The van der Waals surface area contributed by atoms with Crippen molar-refractivity contribution in [3.63, 3.8) is 0 Å². The van der Waals surface area contributed by atoms with Gasteiger partial charge in [0, 0.05) is 11.5 Å². The molecule has 2 atom stereocenters. The first kappa shape index (κ1) is 18.6. The zero-order valence-corrected chi connectivity index (χ0v) is 15.7. The fraction of sp³-hybridized carbons (Fsp3) is 0.545. The predicted molar refractivity (Wildman–Crippen MR) is 102 cm³/mol. The molecule has 2 unspecified atom stereocenters. The van der Waals surface area contributed by atoms with Crippen molar-refractivity contribution in [2.45, 2.75) is 72.1 Å². The summed E-state index contributed by atoms with van der Waals surface area (Å²) >= 11 is 0. The van der Waals surface area contributed by atoms with Crippen LogP contribution in [0.3, 0.4) is 0 Å². The number of hydrogen-bond acceptors (Lipinski definition) is 2. The summed E-state index contributed by atoms with van der Waals surface area (Å²) in [6.07, 6.45) is 8.54. The van der Waals surface area contributed by atoms with Gasteiger partial charge in [0.2, 0.25) is 0 Å². The Hall–Kier alpha value is -1.70. The molecule has 0 spiro atoms. The van der Waals surface area contributed by atoms with Crippen LogP contribution in [-0.4, -0.2) is 10.2 Å². The molecule has 0 fully saturated rings.